The summed E-state index contributed by atoms with van der Waals surface area (Å²) in [6.45, 7) is 8.45. The van der Waals surface area contributed by atoms with E-state index in [4.69, 9.17) is 14.2 Å². The van der Waals surface area contributed by atoms with E-state index in [0.29, 0.717) is 25.5 Å². The summed E-state index contributed by atoms with van der Waals surface area (Å²) in [6.07, 6.45) is 4.49. The van der Waals surface area contributed by atoms with Crippen LogP contribution in [0.2, 0.25) is 0 Å². The van der Waals surface area contributed by atoms with Crippen LogP contribution >= 0.6 is 0 Å². The van der Waals surface area contributed by atoms with E-state index in [1.807, 2.05) is 24.3 Å². The number of methoxy groups -OCH3 is 1. The molecule has 0 aliphatic heterocycles. The molecule has 0 aliphatic rings. The molecule has 0 unspecified atom stereocenters. The van der Waals surface area contributed by atoms with Gasteiger partial charge in [0.05, 0.1) is 26.9 Å². The second kappa shape index (κ2) is 11.1. The number of hydrogen-bond acceptors (Lipinski definition) is 5. The molecule has 1 rings (SSSR count). The largest absolute Gasteiger partial charge is 0.500 e. The van der Waals surface area contributed by atoms with Crippen LogP contribution < -0.4 is 4.74 Å². The van der Waals surface area contributed by atoms with E-state index in [1.165, 1.54) is 0 Å². The molecular formula is C18H23NO4. The van der Waals surface area contributed by atoms with Gasteiger partial charge in [0.2, 0.25) is 0 Å². The van der Waals surface area contributed by atoms with Crippen molar-refractivity contribution in [2.45, 2.75) is 12.8 Å². The number of unbranched alkanes of at least 4 members (excludes halogenated alkanes) is 1. The van der Waals surface area contributed by atoms with Gasteiger partial charge in [0.25, 0.3) is 0 Å². The van der Waals surface area contributed by atoms with Gasteiger partial charge in [0.1, 0.15) is 11.5 Å². The predicted octanol–water partition coefficient (Wildman–Crippen LogP) is 3.15. The summed E-state index contributed by atoms with van der Waals surface area (Å²) in [5.74, 6) is 1.03. The molecule has 23 heavy (non-hydrogen) atoms. The number of hydrogen-bond donors (Lipinski definition) is 0. The van der Waals surface area contributed by atoms with Crippen LogP contribution in [0.15, 0.2) is 54.3 Å². The van der Waals surface area contributed by atoms with E-state index in [2.05, 4.69) is 18.2 Å². The first kappa shape index (κ1) is 18.5. The number of esters is 1. The van der Waals surface area contributed by atoms with E-state index >= 15 is 0 Å². The van der Waals surface area contributed by atoms with Gasteiger partial charge in [0.15, 0.2) is 0 Å². The lowest BCUT2D eigenvalue weighted by Crippen LogP contribution is -2.04. The second-order valence-corrected chi connectivity index (χ2v) is 4.71. The number of ether oxygens (including phenoxy) is 3. The zero-order valence-electron chi connectivity index (χ0n) is 13.5. The van der Waals surface area contributed by atoms with Crippen LogP contribution in [0.25, 0.3) is 0 Å². The topological polar surface area (TPSA) is 57.1 Å². The molecule has 0 heterocycles. The summed E-state index contributed by atoms with van der Waals surface area (Å²) in [4.78, 5) is 15.1. The third kappa shape index (κ3) is 8.46. The van der Waals surface area contributed by atoms with E-state index in [1.54, 1.807) is 13.3 Å². The Balaban J connectivity index is 2.22. The minimum absolute atomic E-state index is 0.385. The Kier molecular flexibility index (Phi) is 8.90. The van der Waals surface area contributed by atoms with Crippen molar-refractivity contribution in [1.29, 1.82) is 0 Å². The molecule has 1 aromatic carbocycles. The van der Waals surface area contributed by atoms with Crippen molar-refractivity contribution in [3.63, 3.8) is 0 Å². The molecule has 0 spiro atoms. The van der Waals surface area contributed by atoms with Gasteiger partial charge < -0.3 is 14.2 Å². The minimum atomic E-state index is -0.391. The Bertz CT molecular complexity index is 534. The molecule has 0 bridgehead atoms. The molecule has 124 valence electrons. The highest BCUT2D eigenvalue weighted by Crippen LogP contribution is 2.11. The van der Waals surface area contributed by atoms with Gasteiger partial charge in [-0.1, -0.05) is 13.2 Å². The summed E-state index contributed by atoms with van der Waals surface area (Å²) in [5.41, 5.74) is 0.984. The number of carbonyl (C=O) groups is 1. The molecule has 0 saturated heterocycles. The molecule has 0 aliphatic carbocycles. The Morgan fingerprint density at radius 2 is 1.91 bits per heavy atom. The Morgan fingerprint density at radius 3 is 2.57 bits per heavy atom. The van der Waals surface area contributed by atoms with Crippen molar-refractivity contribution >= 4 is 12.2 Å². The smallest absolute Gasteiger partial charge is 0.330 e. The maximum Gasteiger partial charge on any atom is 0.330 e. The maximum absolute atomic E-state index is 10.8. The fraction of sp³-hybridized carbons (Fsp3) is 0.333. The lowest BCUT2D eigenvalue weighted by atomic mass is 10.2. The number of aliphatic imine (C=N–C) groups is 1. The van der Waals surface area contributed by atoms with Gasteiger partial charge in [-0.2, -0.15) is 0 Å². The van der Waals surface area contributed by atoms with E-state index in [0.717, 1.165) is 30.2 Å². The molecule has 0 aromatic heterocycles. The zero-order valence-corrected chi connectivity index (χ0v) is 13.5. The second-order valence-electron chi connectivity index (χ2n) is 4.71. The fourth-order valence-corrected chi connectivity index (χ4v) is 1.59. The fourth-order valence-electron chi connectivity index (χ4n) is 1.59. The molecule has 0 N–H and O–H groups in total. The Hall–Kier alpha value is -2.56. The first-order valence-corrected chi connectivity index (χ1v) is 7.39. The molecule has 0 atom stereocenters. The summed E-state index contributed by atoms with van der Waals surface area (Å²) < 4.78 is 15.4. The molecular weight excluding hydrogens is 294 g/mol. The molecule has 5 heteroatoms. The van der Waals surface area contributed by atoms with Gasteiger partial charge in [-0.05, 0) is 42.7 Å². The quantitative estimate of drug-likeness (QED) is 0.207. The molecule has 1 aromatic rings. The van der Waals surface area contributed by atoms with Crippen molar-refractivity contribution < 1.29 is 19.0 Å². The molecule has 0 saturated carbocycles. The average Bonchev–Trinajstić information content (AvgIpc) is 2.58. The summed E-state index contributed by atoms with van der Waals surface area (Å²) in [7, 11) is 1.58. The van der Waals surface area contributed by atoms with Crippen molar-refractivity contribution in [3.05, 3.63) is 54.8 Å². The summed E-state index contributed by atoms with van der Waals surface area (Å²) in [6, 6.07) is 7.65. The van der Waals surface area contributed by atoms with Crippen molar-refractivity contribution in [3.8, 4) is 5.75 Å². The lowest BCUT2D eigenvalue weighted by Gasteiger charge is -2.06. The normalized spacial score (nSPS) is 10.3. The van der Waals surface area contributed by atoms with Crippen LogP contribution in [0, 0.1) is 0 Å². The molecule has 0 amide bonds. The monoisotopic (exact) mass is 317 g/mol. The van der Waals surface area contributed by atoms with Gasteiger partial charge >= 0.3 is 5.97 Å². The van der Waals surface area contributed by atoms with Crippen molar-refractivity contribution in [1.82, 2.24) is 0 Å². The third-order valence-electron chi connectivity index (χ3n) is 2.90. The van der Waals surface area contributed by atoms with Crippen LogP contribution in [-0.2, 0) is 14.3 Å². The number of rotatable bonds is 11. The number of carbonyl (C=O) groups excluding carboxylic acids is 1. The third-order valence-corrected chi connectivity index (χ3v) is 2.90. The predicted molar refractivity (Wildman–Crippen MR) is 90.9 cm³/mol. The Labute approximate surface area is 137 Å². The van der Waals surface area contributed by atoms with Crippen molar-refractivity contribution in [2.24, 2.45) is 4.99 Å². The van der Waals surface area contributed by atoms with Crippen LogP contribution in [0.4, 0.5) is 0 Å². The zero-order chi connectivity index (χ0) is 16.9. The lowest BCUT2D eigenvalue weighted by molar-refractivity contribution is -0.137. The van der Waals surface area contributed by atoms with Crippen LogP contribution in [-0.4, -0.2) is 39.1 Å². The number of nitrogens with zero attached hydrogens (tertiary/aromatic N) is 1. The highest BCUT2D eigenvalue weighted by Gasteiger charge is 1.97. The molecule has 0 radical (unpaired) electrons. The first-order chi connectivity index (χ1) is 11.2. The number of benzene rings is 1. The standard InChI is InChI=1S/C18H23NO4/c1-4-18(20)23-12-6-5-11-22-17-9-7-16(8-10-17)14-19-13-15(2)21-3/h4,7-10,14H,1-2,5-6,11-13H2,3H3. The molecule has 5 nitrogen and oxygen atoms in total. The van der Waals surface area contributed by atoms with E-state index < -0.39 is 5.97 Å². The minimum Gasteiger partial charge on any atom is -0.500 e. The van der Waals surface area contributed by atoms with Gasteiger partial charge in [-0.3, -0.25) is 4.99 Å². The Morgan fingerprint density at radius 1 is 1.22 bits per heavy atom. The van der Waals surface area contributed by atoms with Crippen LogP contribution in [0.5, 0.6) is 5.75 Å². The highest BCUT2D eigenvalue weighted by molar-refractivity contribution is 5.81. The van der Waals surface area contributed by atoms with Gasteiger partial charge in [-0.25, -0.2) is 4.79 Å². The van der Waals surface area contributed by atoms with Crippen LogP contribution in [0.1, 0.15) is 18.4 Å². The summed E-state index contributed by atoms with van der Waals surface area (Å²) >= 11 is 0. The van der Waals surface area contributed by atoms with Crippen LogP contribution in [0.3, 0.4) is 0 Å². The average molecular weight is 317 g/mol. The first-order valence-electron chi connectivity index (χ1n) is 7.39. The summed E-state index contributed by atoms with van der Waals surface area (Å²) in [5, 5.41) is 0. The van der Waals surface area contributed by atoms with Crippen molar-refractivity contribution in [2.75, 3.05) is 26.9 Å². The van der Waals surface area contributed by atoms with Gasteiger partial charge in [-0.15, -0.1) is 0 Å². The van der Waals surface area contributed by atoms with E-state index in [9.17, 15) is 4.79 Å². The highest BCUT2D eigenvalue weighted by atomic mass is 16.5. The SMILES string of the molecule is C=CC(=O)OCCCCOc1ccc(C=NCC(=C)OC)cc1. The molecule has 0 fully saturated rings. The van der Waals surface area contributed by atoms with E-state index in [-0.39, 0.29) is 0 Å². The van der Waals surface area contributed by atoms with Gasteiger partial charge in [0, 0.05) is 12.3 Å². The maximum atomic E-state index is 10.8.